The van der Waals surface area contributed by atoms with E-state index in [0.717, 1.165) is 37.8 Å². The molecule has 1 saturated carbocycles. The van der Waals surface area contributed by atoms with Crippen LogP contribution < -0.4 is 16.0 Å². The largest absolute Gasteiger partial charge is 0.352 e. The summed E-state index contributed by atoms with van der Waals surface area (Å²) in [5.41, 5.74) is 0. The quantitative estimate of drug-likeness (QED) is 0.685. The van der Waals surface area contributed by atoms with Crippen LogP contribution in [0, 0.1) is 11.8 Å². The van der Waals surface area contributed by atoms with Gasteiger partial charge in [0.1, 0.15) is 0 Å². The molecular formula is C14H27N3O. The van der Waals surface area contributed by atoms with E-state index in [0.29, 0.717) is 12.1 Å². The number of piperazine rings is 1. The maximum absolute atomic E-state index is 12.1. The lowest BCUT2D eigenvalue weighted by Gasteiger charge is -2.34. The zero-order valence-electron chi connectivity index (χ0n) is 11.8. The Morgan fingerprint density at radius 3 is 2.44 bits per heavy atom. The van der Waals surface area contributed by atoms with Gasteiger partial charge in [-0.25, -0.2) is 0 Å². The van der Waals surface area contributed by atoms with Gasteiger partial charge in [0.05, 0.1) is 6.04 Å². The first-order chi connectivity index (χ1) is 8.56. The minimum atomic E-state index is -0.0594. The van der Waals surface area contributed by atoms with Gasteiger partial charge in [-0.15, -0.1) is 0 Å². The minimum Gasteiger partial charge on any atom is -0.352 e. The number of hydrogen-bond acceptors (Lipinski definition) is 3. The summed E-state index contributed by atoms with van der Waals surface area (Å²) < 4.78 is 0. The van der Waals surface area contributed by atoms with Crippen molar-refractivity contribution in [1.82, 2.24) is 16.0 Å². The van der Waals surface area contributed by atoms with Gasteiger partial charge >= 0.3 is 0 Å². The van der Waals surface area contributed by atoms with Crippen LogP contribution in [0.5, 0.6) is 0 Å². The topological polar surface area (TPSA) is 53.2 Å². The highest BCUT2D eigenvalue weighted by Gasteiger charge is 2.29. The molecule has 0 aromatic heterocycles. The molecule has 2 rings (SSSR count). The molecule has 104 valence electrons. The molecule has 0 radical (unpaired) electrons. The Kier molecular flexibility index (Phi) is 4.62. The highest BCUT2D eigenvalue weighted by Crippen LogP contribution is 2.29. The molecule has 4 heteroatoms. The van der Waals surface area contributed by atoms with Crippen molar-refractivity contribution in [3.05, 3.63) is 0 Å². The van der Waals surface area contributed by atoms with Crippen LogP contribution in [0.25, 0.3) is 0 Å². The van der Waals surface area contributed by atoms with Crippen molar-refractivity contribution in [2.45, 2.75) is 58.2 Å². The molecule has 1 heterocycles. The van der Waals surface area contributed by atoms with Crippen molar-refractivity contribution in [1.29, 1.82) is 0 Å². The summed E-state index contributed by atoms with van der Waals surface area (Å²) in [5.74, 6) is 1.69. The Labute approximate surface area is 110 Å². The molecule has 0 spiro atoms. The van der Waals surface area contributed by atoms with Gasteiger partial charge in [0.25, 0.3) is 0 Å². The first-order valence-electron chi connectivity index (χ1n) is 7.33. The van der Waals surface area contributed by atoms with E-state index in [4.69, 9.17) is 0 Å². The fraction of sp³-hybridized carbons (Fsp3) is 0.929. The number of amides is 1. The fourth-order valence-corrected chi connectivity index (χ4v) is 2.95. The van der Waals surface area contributed by atoms with Gasteiger partial charge in [-0.05, 0) is 38.0 Å². The third-order valence-corrected chi connectivity index (χ3v) is 4.60. The van der Waals surface area contributed by atoms with E-state index >= 15 is 0 Å². The Morgan fingerprint density at radius 1 is 1.06 bits per heavy atom. The van der Waals surface area contributed by atoms with E-state index < -0.39 is 0 Å². The van der Waals surface area contributed by atoms with Gasteiger partial charge in [0, 0.05) is 25.2 Å². The highest BCUT2D eigenvalue weighted by molar-refractivity contribution is 5.82. The number of nitrogens with one attached hydrogen (secondary N) is 3. The summed E-state index contributed by atoms with van der Waals surface area (Å²) in [6.07, 6.45) is 3.50. The molecule has 3 N–H and O–H groups in total. The Bertz CT molecular complexity index is 287. The van der Waals surface area contributed by atoms with Gasteiger partial charge in [-0.1, -0.05) is 13.8 Å². The molecule has 1 amide bonds. The van der Waals surface area contributed by atoms with Gasteiger partial charge in [0.2, 0.25) is 5.91 Å². The normalized spacial score (nSPS) is 41.4. The average molecular weight is 253 g/mol. The molecule has 2 aliphatic rings. The second kappa shape index (κ2) is 6.02. The third-order valence-electron chi connectivity index (χ3n) is 4.60. The van der Waals surface area contributed by atoms with E-state index in [1.807, 2.05) is 0 Å². The smallest absolute Gasteiger partial charge is 0.238 e. The molecule has 0 aromatic carbocycles. The SMILES string of the molecule is CC1CNC(C(=O)NC2CCC(C)C(C)C2)CN1. The summed E-state index contributed by atoms with van der Waals surface area (Å²) in [6, 6.07) is 0.783. The molecule has 5 atom stereocenters. The number of hydrogen-bond donors (Lipinski definition) is 3. The van der Waals surface area contributed by atoms with Crippen molar-refractivity contribution in [2.24, 2.45) is 11.8 Å². The van der Waals surface area contributed by atoms with Crippen molar-refractivity contribution in [3.63, 3.8) is 0 Å². The lowest BCUT2D eigenvalue weighted by atomic mass is 9.79. The number of carbonyl (C=O) groups is 1. The lowest BCUT2D eigenvalue weighted by Crippen LogP contribution is -2.60. The van der Waals surface area contributed by atoms with Crippen LogP contribution in [-0.2, 0) is 4.79 Å². The summed E-state index contributed by atoms with van der Waals surface area (Å²) >= 11 is 0. The summed E-state index contributed by atoms with van der Waals surface area (Å²) in [5, 5.41) is 9.86. The Hall–Kier alpha value is -0.610. The number of rotatable bonds is 2. The fourth-order valence-electron chi connectivity index (χ4n) is 2.95. The minimum absolute atomic E-state index is 0.0594. The van der Waals surface area contributed by atoms with Crippen molar-refractivity contribution in [2.75, 3.05) is 13.1 Å². The van der Waals surface area contributed by atoms with Gasteiger partial charge in [0.15, 0.2) is 0 Å². The molecular weight excluding hydrogens is 226 g/mol. The molecule has 18 heavy (non-hydrogen) atoms. The van der Waals surface area contributed by atoms with E-state index in [1.54, 1.807) is 0 Å². The first kappa shape index (κ1) is 13.8. The van der Waals surface area contributed by atoms with Crippen LogP contribution in [-0.4, -0.2) is 37.1 Å². The lowest BCUT2D eigenvalue weighted by molar-refractivity contribution is -0.124. The van der Waals surface area contributed by atoms with Crippen LogP contribution in [0.15, 0.2) is 0 Å². The van der Waals surface area contributed by atoms with Gasteiger partial charge in [-0.2, -0.15) is 0 Å². The predicted molar refractivity (Wildman–Crippen MR) is 73.4 cm³/mol. The zero-order chi connectivity index (χ0) is 13.1. The van der Waals surface area contributed by atoms with E-state index in [2.05, 4.69) is 36.7 Å². The number of carbonyl (C=O) groups excluding carboxylic acids is 1. The van der Waals surface area contributed by atoms with Crippen LogP contribution in [0.2, 0.25) is 0 Å². The van der Waals surface area contributed by atoms with E-state index in [9.17, 15) is 4.79 Å². The second-order valence-corrected chi connectivity index (χ2v) is 6.24. The summed E-state index contributed by atoms with van der Waals surface area (Å²) in [6.45, 7) is 8.36. The van der Waals surface area contributed by atoms with E-state index in [1.165, 1.54) is 6.42 Å². The molecule has 1 saturated heterocycles. The van der Waals surface area contributed by atoms with Crippen LogP contribution >= 0.6 is 0 Å². The molecule has 0 bridgehead atoms. The maximum Gasteiger partial charge on any atom is 0.238 e. The first-order valence-corrected chi connectivity index (χ1v) is 7.33. The summed E-state index contributed by atoms with van der Waals surface area (Å²) in [7, 11) is 0. The standard InChI is InChI=1S/C14H27N3O/c1-9-4-5-12(6-10(9)2)17-14(18)13-8-15-11(3)7-16-13/h9-13,15-16H,4-8H2,1-3H3,(H,17,18). The molecule has 2 fully saturated rings. The van der Waals surface area contributed by atoms with Crippen molar-refractivity contribution >= 4 is 5.91 Å². The van der Waals surface area contributed by atoms with E-state index in [-0.39, 0.29) is 11.9 Å². The Morgan fingerprint density at radius 2 is 1.83 bits per heavy atom. The van der Waals surface area contributed by atoms with Gasteiger partial charge < -0.3 is 16.0 Å². The Balaban J connectivity index is 1.77. The highest BCUT2D eigenvalue weighted by atomic mass is 16.2. The van der Waals surface area contributed by atoms with Crippen LogP contribution in [0.3, 0.4) is 0 Å². The predicted octanol–water partition coefficient (Wildman–Crippen LogP) is 0.877. The van der Waals surface area contributed by atoms with Crippen LogP contribution in [0.4, 0.5) is 0 Å². The summed E-state index contributed by atoms with van der Waals surface area (Å²) in [4.78, 5) is 12.1. The molecule has 0 aromatic rings. The zero-order valence-corrected chi connectivity index (χ0v) is 11.8. The van der Waals surface area contributed by atoms with Gasteiger partial charge in [-0.3, -0.25) is 4.79 Å². The molecule has 5 unspecified atom stereocenters. The monoisotopic (exact) mass is 253 g/mol. The van der Waals surface area contributed by atoms with Crippen molar-refractivity contribution in [3.8, 4) is 0 Å². The second-order valence-electron chi connectivity index (χ2n) is 6.24. The maximum atomic E-state index is 12.1. The molecule has 1 aliphatic heterocycles. The third kappa shape index (κ3) is 3.45. The average Bonchev–Trinajstić information content (AvgIpc) is 2.34. The van der Waals surface area contributed by atoms with Crippen LogP contribution in [0.1, 0.15) is 40.0 Å². The molecule has 4 nitrogen and oxygen atoms in total. The molecule has 1 aliphatic carbocycles. The van der Waals surface area contributed by atoms with Crippen molar-refractivity contribution < 1.29 is 4.79 Å².